The predicted octanol–water partition coefficient (Wildman–Crippen LogP) is 3.61. The third kappa shape index (κ3) is 4.24. The van der Waals surface area contributed by atoms with Crippen LogP contribution in [0.25, 0.3) is 10.7 Å². The summed E-state index contributed by atoms with van der Waals surface area (Å²) in [6, 6.07) is 13.2. The molecule has 0 radical (unpaired) electrons. The number of likely N-dealkylation sites (N-methyl/N-ethyl adjacent to an activating group) is 1. The molecule has 2 heterocycles. The van der Waals surface area contributed by atoms with Gasteiger partial charge < -0.3 is 14.2 Å². The predicted molar refractivity (Wildman–Crippen MR) is 95.2 cm³/mol. The Morgan fingerprint density at radius 3 is 2.76 bits per heavy atom. The third-order valence-corrected chi connectivity index (χ3v) is 4.49. The van der Waals surface area contributed by atoms with Crippen LogP contribution in [-0.4, -0.2) is 34.1 Å². The summed E-state index contributed by atoms with van der Waals surface area (Å²) in [4.78, 5) is 19.5. The van der Waals surface area contributed by atoms with Crippen LogP contribution in [0.4, 0.5) is 0 Å². The topological polar surface area (TPSA) is 68.5 Å². The average molecular weight is 357 g/mol. The molecule has 0 bridgehead atoms. The first-order valence-electron chi connectivity index (χ1n) is 8.00. The van der Waals surface area contributed by atoms with Gasteiger partial charge in [-0.2, -0.15) is 4.98 Å². The van der Waals surface area contributed by atoms with Gasteiger partial charge >= 0.3 is 0 Å². The molecule has 0 spiro atoms. The van der Waals surface area contributed by atoms with Crippen molar-refractivity contribution in [1.82, 2.24) is 15.0 Å². The van der Waals surface area contributed by atoms with E-state index in [0.717, 1.165) is 4.88 Å². The smallest absolute Gasteiger partial charge is 0.263 e. The lowest BCUT2D eigenvalue weighted by atomic mass is 10.2. The average Bonchev–Trinajstić information content (AvgIpc) is 3.31. The van der Waals surface area contributed by atoms with Crippen molar-refractivity contribution in [3.05, 3.63) is 53.7 Å². The third-order valence-electron chi connectivity index (χ3n) is 3.63. The fraction of sp³-hybridized carbons (Fsp3) is 0.278. The number of thiophene rings is 1. The maximum absolute atomic E-state index is 12.6. The molecular formula is C18H19N3O3S. The van der Waals surface area contributed by atoms with Crippen LogP contribution in [0.15, 0.2) is 52.4 Å². The van der Waals surface area contributed by atoms with Crippen molar-refractivity contribution in [3.63, 3.8) is 0 Å². The number of carbonyl (C=O) groups is 1. The van der Waals surface area contributed by atoms with Crippen LogP contribution < -0.4 is 4.74 Å². The van der Waals surface area contributed by atoms with E-state index in [9.17, 15) is 4.79 Å². The van der Waals surface area contributed by atoms with E-state index in [1.807, 2.05) is 54.8 Å². The van der Waals surface area contributed by atoms with Crippen LogP contribution in [0.3, 0.4) is 0 Å². The first-order chi connectivity index (χ1) is 12.2. The minimum atomic E-state index is -0.549. The summed E-state index contributed by atoms with van der Waals surface area (Å²) in [7, 11) is 1.70. The molecule has 1 atom stereocenters. The van der Waals surface area contributed by atoms with E-state index in [2.05, 4.69) is 10.1 Å². The molecule has 25 heavy (non-hydrogen) atoms. The molecule has 0 aliphatic carbocycles. The summed E-state index contributed by atoms with van der Waals surface area (Å²) < 4.78 is 11.0. The van der Waals surface area contributed by atoms with E-state index in [-0.39, 0.29) is 12.5 Å². The molecule has 3 rings (SSSR count). The van der Waals surface area contributed by atoms with Gasteiger partial charge in [0.25, 0.3) is 5.91 Å². The fourth-order valence-corrected chi connectivity index (χ4v) is 2.97. The monoisotopic (exact) mass is 357 g/mol. The lowest BCUT2D eigenvalue weighted by Crippen LogP contribution is -2.39. The van der Waals surface area contributed by atoms with Gasteiger partial charge in [-0.25, -0.2) is 0 Å². The maximum atomic E-state index is 12.6. The molecule has 0 saturated carbocycles. The molecule has 0 saturated heterocycles. The molecule has 3 aromatic rings. The molecule has 0 aliphatic rings. The van der Waals surface area contributed by atoms with E-state index >= 15 is 0 Å². The maximum Gasteiger partial charge on any atom is 0.263 e. The molecular weight excluding hydrogens is 338 g/mol. The number of nitrogens with zero attached hydrogens (tertiary/aromatic N) is 3. The lowest BCUT2D eigenvalue weighted by molar-refractivity contribution is -0.138. The first kappa shape index (κ1) is 17.2. The second-order valence-electron chi connectivity index (χ2n) is 5.51. The molecule has 1 unspecified atom stereocenters. The summed E-state index contributed by atoms with van der Waals surface area (Å²) in [5.41, 5.74) is 0. The number of benzene rings is 1. The second kappa shape index (κ2) is 7.94. The molecule has 0 N–H and O–H groups in total. The van der Waals surface area contributed by atoms with Crippen LogP contribution in [0.1, 0.15) is 19.2 Å². The van der Waals surface area contributed by atoms with Crippen molar-refractivity contribution in [3.8, 4) is 16.5 Å². The Hall–Kier alpha value is -2.67. The standard InChI is InChI=1S/C18H19N3O3S/c1-3-14(23-13-8-5-4-6-9-13)18(22)21(2)12-16-19-17(20-24-16)15-10-7-11-25-15/h4-11,14H,3,12H2,1-2H3. The quantitative estimate of drug-likeness (QED) is 0.646. The fourth-order valence-electron chi connectivity index (χ4n) is 2.32. The Kier molecular flexibility index (Phi) is 5.45. The molecule has 0 fully saturated rings. The Labute approximate surface area is 150 Å². The minimum absolute atomic E-state index is 0.123. The van der Waals surface area contributed by atoms with E-state index in [1.54, 1.807) is 11.9 Å². The summed E-state index contributed by atoms with van der Waals surface area (Å²) in [5.74, 6) is 1.49. The van der Waals surface area contributed by atoms with Gasteiger partial charge in [-0.3, -0.25) is 4.79 Å². The zero-order chi connectivity index (χ0) is 17.6. The first-order valence-corrected chi connectivity index (χ1v) is 8.88. The van der Waals surface area contributed by atoms with Gasteiger partial charge in [-0.1, -0.05) is 36.3 Å². The summed E-state index contributed by atoms with van der Waals surface area (Å²) >= 11 is 1.54. The van der Waals surface area contributed by atoms with Crippen LogP contribution in [0.2, 0.25) is 0 Å². The number of carbonyl (C=O) groups excluding carboxylic acids is 1. The van der Waals surface area contributed by atoms with Crippen molar-refractivity contribution in [2.24, 2.45) is 0 Å². The Morgan fingerprint density at radius 2 is 2.08 bits per heavy atom. The zero-order valence-electron chi connectivity index (χ0n) is 14.1. The SMILES string of the molecule is CCC(Oc1ccccc1)C(=O)N(C)Cc1nc(-c2cccs2)no1. The molecule has 1 aromatic carbocycles. The molecule has 0 aliphatic heterocycles. The summed E-state index contributed by atoms with van der Waals surface area (Å²) in [5, 5.41) is 5.91. The number of amides is 1. The van der Waals surface area contributed by atoms with E-state index in [4.69, 9.17) is 9.26 Å². The molecule has 2 aromatic heterocycles. The Balaban J connectivity index is 1.63. The van der Waals surface area contributed by atoms with Gasteiger partial charge in [0.2, 0.25) is 11.7 Å². The van der Waals surface area contributed by atoms with E-state index in [1.165, 1.54) is 11.3 Å². The van der Waals surface area contributed by atoms with Gasteiger partial charge in [-0.05, 0) is 30.0 Å². The van der Waals surface area contributed by atoms with Crippen molar-refractivity contribution < 1.29 is 14.1 Å². The van der Waals surface area contributed by atoms with Crippen molar-refractivity contribution in [2.75, 3.05) is 7.05 Å². The lowest BCUT2D eigenvalue weighted by Gasteiger charge is -2.22. The van der Waals surface area contributed by atoms with Gasteiger partial charge in [0.05, 0.1) is 11.4 Å². The number of para-hydroxylation sites is 1. The van der Waals surface area contributed by atoms with Crippen molar-refractivity contribution in [1.29, 1.82) is 0 Å². The molecule has 7 heteroatoms. The van der Waals surface area contributed by atoms with E-state index < -0.39 is 6.10 Å². The van der Waals surface area contributed by atoms with Crippen molar-refractivity contribution in [2.45, 2.75) is 26.0 Å². The molecule has 130 valence electrons. The van der Waals surface area contributed by atoms with Crippen molar-refractivity contribution >= 4 is 17.2 Å². The highest BCUT2D eigenvalue weighted by Crippen LogP contribution is 2.21. The number of aromatic nitrogens is 2. The highest BCUT2D eigenvalue weighted by atomic mass is 32.1. The van der Waals surface area contributed by atoms with Gasteiger partial charge in [0.15, 0.2) is 6.10 Å². The summed E-state index contributed by atoms with van der Waals surface area (Å²) in [6.07, 6.45) is 0.0228. The van der Waals surface area contributed by atoms with E-state index in [0.29, 0.717) is 23.9 Å². The zero-order valence-corrected chi connectivity index (χ0v) is 14.9. The highest BCUT2D eigenvalue weighted by molar-refractivity contribution is 7.13. The largest absolute Gasteiger partial charge is 0.481 e. The number of rotatable bonds is 7. The minimum Gasteiger partial charge on any atom is -0.481 e. The normalized spacial score (nSPS) is 11.9. The number of hydrogen-bond donors (Lipinski definition) is 0. The molecule has 1 amide bonds. The Bertz CT molecular complexity index is 802. The number of hydrogen-bond acceptors (Lipinski definition) is 6. The summed E-state index contributed by atoms with van der Waals surface area (Å²) in [6.45, 7) is 2.16. The highest BCUT2D eigenvalue weighted by Gasteiger charge is 2.24. The van der Waals surface area contributed by atoms with Gasteiger partial charge in [-0.15, -0.1) is 11.3 Å². The number of ether oxygens (including phenoxy) is 1. The Morgan fingerprint density at radius 1 is 1.28 bits per heavy atom. The van der Waals surface area contributed by atoms with Crippen LogP contribution in [0.5, 0.6) is 5.75 Å². The molecule has 6 nitrogen and oxygen atoms in total. The van der Waals surface area contributed by atoms with Gasteiger partial charge in [0.1, 0.15) is 5.75 Å². The van der Waals surface area contributed by atoms with Crippen LogP contribution in [-0.2, 0) is 11.3 Å². The van der Waals surface area contributed by atoms with Crippen LogP contribution >= 0.6 is 11.3 Å². The van der Waals surface area contributed by atoms with Crippen LogP contribution in [0, 0.1) is 0 Å². The van der Waals surface area contributed by atoms with Gasteiger partial charge in [0, 0.05) is 7.05 Å². The second-order valence-corrected chi connectivity index (χ2v) is 6.46.